The second-order valence-electron chi connectivity index (χ2n) is 2.26. The Hall–Kier alpha value is -0.780. The predicted molar refractivity (Wildman–Crippen MR) is 66.0 cm³/mol. The Labute approximate surface area is 85.1 Å². The molecule has 78 valence electrons. The summed E-state index contributed by atoms with van der Waals surface area (Å²) in [6.07, 6.45) is 5.64. The van der Waals surface area contributed by atoms with Crippen molar-refractivity contribution in [2.75, 3.05) is 0 Å². The van der Waals surface area contributed by atoms with Gasteiger partial charge in [0.2, 0.25) is 0 Å². The Morgan fingerprint density at radius 1 is 1.00 bits per heavy atom. The third-order valence-electron chi connectivity index (χ3n) is 1.21. The van der Waals surface area contributed by atoms with Gasteiger partial charge in [-0.3, -0.25) is 0 Å². The highest BCUT2D eigenvalue weighted by molar-refractivity contribution is 5.22. The van der Waals surface area contributed by atoms with Gasteiger partial charge in [-0.15, -0.1) is 0 Å². The highest BCUT2D eigenvalue weighted by Gasteiger charge is 1.94. The molecule has 0 saturated heterocycles. The van der Waals surface area contributed by atoms with Crippen LogP contribution in [0.3, 0.4) is 0 Å². The molecule has 0 atom stereocenters. The number of hydrogen-bond acceptors (Lipinski definition) is 0. The van der Waals surface area contributed by atoms with Gasteiger partial charge < -0.3 is 0 Å². The van der Waals surface area contributed by atoms with Crippen LogP contribution in [0.25, 0.3) is 0 Å². The molecule has 0 rings (SSSR count). The zero-order chi connectivity index (χ0) is 11.3. The van der Waals surface area contributed by atoms with Crippen molar-refractivity contribution in [2.24, 2.45) is 5.92 Å². The van der Waals surface area contributed by atoms with E-state index < -0.39 is 0 Å². The Bertz CT molecular complexity index is 127. The first-order valence-electron chi connectivity index (χ1n) is 5.17. The molecule has 0 radical (unpaired) electrons. The highest BCUT2D eigenvalue weighted by Crippen LogP contribution is 2.09. The predicted octanol–water partition coefficient (Wildman–Crippen LogP) is 4.99. The van der Waals surface area contributed by atoms with E-state index in [9.17, 15) is 0 Å². The lowest BCUT2D eigenvalue weighted by atomic mass is 10.0. The summed E-state index contributed by atoms with van der Waals surface area (Å²) in [5, 5.41) is 0. The van der Waals surface area contributed by atoms with Gasteiger partial charge in [0, 0.05) is 0 Å². The van der Waals surface area contributed by atoms with E-state index in [1.165, 1.54) is 5.57 Å². The van der Waals surface area contributed by atoms with Crippen LogP contribution in [0.5, 0.6) is 0 Å². The molecule has 0 aliphatic rings. The van der Waals surface area contributed by atoms with Gasteiger partial charge in [0.05, 0.1) is 0 Å². The molecule has 0 aromatic rings. The molecule has 0 spiro atoms. The summed E-state index contributed by atoms with van der Waals surface area (Å²) in [6.45, 7) is 19.6. The lowest BCUT2D eigenvalue weighted by molar-refractivity contribution is 0.792. The Balaban J connectivity index is -0.000000218. The number of allylic oxidation sites excluding steroid dienone is 4. The fraction of sp³-hybridized carbons (Fsp3) is 0.538. The van der Waals surface area contributed by atoms with Gasteiger partial charge in [-0.2, -0.15) is 0 Å². The molecule has 0 N–H and O–H groups in total. The van der Waals surface area contributed by atoms with Gasteiger partial charge in [-0.05, 0) is 11.5 Å². The monoisotopic (exact) mass is 182 g/mol. The van der Waals surface area contributed by atoms with Crippen LogP contribution in [0.15, 0.2) is 37.0 Å². The maximum Gasteiger partial charge on any atom is -0.0219 e. The summed E-state index contributed by atoms with van der Waals surface area (Å²) in [5.74, 6) is 0.556. The van der Waals surface area contributed by atoms with Crippen LogP contribution in [0.1, 0.15) is 41.5 Å². The standard InChI is InChI=1S/C9H14.2C2H6/c1-5-7-9(6-2)8(3)4;2*1-2/h5-8H,1-2H2,3-4H3;2*1-2H3/b9-7+;;. The van der Waals surface area contributed by atoms with Gasteiger partial charge in [0.1, 0.15) is 0 Å². The fourth-order valence-electron chi connectivity index (χ4n) is 0.632. The molecule has 13 heavy (non-hydrogen) atoms. The number of hydrogen-bond donors (Lipinski definition) is 0. The van der Waals surface area contributed by atoms with Crippen LogP contribution in [0.4, 0.5) is 0 Å². The molecular weight excluding hydrogens is 156 g/mol. The zero-order valence-corrected chi connectivity index (χ0v) is 10.2. The SMILES string of the molecule is C=C/C=C(\C=C)C(C)C.CC.CC. The van der Waals surface area contributed by atoms with Crippen molar-refractivity contribution in [3.63, 3.8) is 0 Å². The molecule has 0 aliphatic heterocycles. The molecule has 0 aromatic heterocycles. The average Bonchev–Trinajstić information content (AvgIpc) is 2.20. The minimum atomic E-state index is 0.556. The van der Waals surface area contributed by atoms with Crippen molar-refractivity contribution in [3.05, 3.63) is 37.0 Å². The quantitative estimate of drug-likeness (QED) is 0.539. The fourth-order valence-corrected chi connectivity index (χ4v) is 0.632. The summed E-state index contributed by atoms with van der Waals surface area (Å²) in [6, 6.07) is 0. The maximum absolute atomic E-state index is 3.68. The molecule has 0 unspecified atom stereocenters. The van der Waals surface area contributed by atoms with E-state index >= 15 is 0 Å². The van der Waals surface area contributed by atoms with Gasteiger partial charge in [-0.1, -0.05) is 72.9 Å². The van der Waals surface area contributed by atoms with E-state index in [4.69, 9.17) is 0 Å². The van der Waals surface area contributed by atoms with Crippen molar-refractivity contribution >= 4 is 0 Å². The molecule has 0 aromatic carbocycles. The Morgan fingerprint density at radius 2 is 1.38 bits per heavy atom. The summed E-state index contributed by atoms with van der Waals surface area (Å²) in [4.78, 5) is 0. The molecule has 0 amide bonds. The summed E-state index contributed by atoms with van der Waals surface area (Å²) < 4.78 is 0. The molecule has 0 fully saturated rings. The average molecular weight is 182 g/mol. The summed E-state index contributed by atoms with van der Waals surface area (Å²) >= 11 is 0. The second-order valence-corrected chi connectivity index (χ2v) is 2.26. The lowest BCUT2D eigenvalue weighted by Crippen LogP contribution is -1.87. The zero-order valence-electron chi connectivity index (χ0n) is 10.2. The Kier molecular flexibility index (Phi) is 24.1. The maximum atomic E-state index is 3.68. The molecule has 0 heteroatoms. The van der Waals surface area contributed by atoms with Crippen LogP contribution < -0.4 is 0 Å². The van der Waals surface area contributed by atoms with Gasteiger partial charge in [0.15, 0.2) is 0 Å². The van der Waals surface area contributed by atoms with Crippen LogP contribution in [-0.4, -0.2) is 0 Å². The first kappa shape index (κ1) is 18.1. The van der Waals surface area contributed by atoms with Crippen molar-refractivity contribution in [2.45, 2.75) is 41.5 Å². The summed E-state index contributed by atoms with van der Waals surface area (Å²) in [7, 11) is 0. The van der Waals surface area contributed by atoms with E-state index in [0.29, 0.717) is 5.92 Å². The van der Waals surface area contributed by atoms with Crippen LogP contribution in [0.2, 0.25) is 0 Å². The third kappa shape index (κ3) is 14.1. The summed E-state index contributed by atoms with van der Waals surface area (Å²) in [5.41, 5.74) is 1.24. The minimum absolute atomic E-state index is 0.556. The lowest BCUT2D eigenvalue weighted by Gasteiger charge is -2.02. The smallest absolute Gasteiger partial charge is 0.0219 e. The van der Waals surface area contributed by atoms with E-state index in [1.807, 2.05) is 39.8 Å². The van der Waals surface area contributed by atoms with Crippen molar-refractivity contribution in [1.82, 2.24) is 0 Å². The molecule has 0 heterocycles. The minimum Gasteiger partial charge on any atom is -0.0991 e. The van der Waals surface area contributed by atoms with E-state index in [1.54, 1.807) is 6.08 Å². The van der Waals surface area contributed by atoms with Crippen molar-refractivity contribution in [3.8, 4) is 0 Å². The van der Waals surface area contributed by atoms with Gasteiger partial charge >= 0.3 is 0 Å². The van der Waals surface area contributed by atoms with Crippen LogP contribution >= 0.6 is 0 Å². The van der Waals surface area contributed by atoms with Crippen molar-refractivity contribution in [1.29, 1.82) is 0 Å². The first-order chi connectivity index (χ1) is 6.22. The van der Waals surface area contributed by atoms with E-state index in [0.717, 1.165) is 0 Å². The topological polar surface area (TPSA) is 0 Å². The Morgan fingerprint density at radius 3 is 1.46 bits per heavy atom. The van der Waals surface area contributed by atoms with Crippen molar-refractivity contribution < 1.29 is 0 Å². The first-order valence-corrected chi connectivity index (χ1v) is 5.17. The van der Waals surface area contributed by atoms with Gasteiger partial charge in [-0.25, -0.2) is 0 Å². The molecule has 0 nitrogen and oxygen atoms in total. The van der Waals surface area contributed by atoms with Gasteiger partial charge in [0.25, 0.3) is 0 Å². The van der Waals surface area contributed by atoms with E-state index in [-0.39, 0.29) is 0 Å². The van der Waals surface area contributed by atoms with Crippen LogP contribution in [0, 0.1) is 5.92 Å². The second kappa shape index (κ2) is 17.3. The number of rotatable bonds is 3. The van der Waals surface area contributed by atoms with E-state index in [2.05, 4.69) is 27.0 Å². The van der Waals surface area contributed by atoms with Crippen LogP contribution in [-0.2, 0) is 0 Å². The normalized spacial score (nSPS) is 9.00. The third-order valence-corrected chi connectivity index (χ3v) is 1.21. The molecule has 0 bridgehead atoms. The molecule has 0 aliphatic carbocycles. The largest absolute Gasteiger partial charge is 0.0991 e. The molecular formula is C13H26. The highest BCUT2D eigenvalue weighted by atomic mass is 14.0. The molecule has 0 saturated carbocycles.